The largest absolute Gasteiger partial charge is 0.633 e. The Morgan fingerprint density at radius 2 is 0.897 bits per heavy atom. The molecule has 29 heavy (non-hydrogen) atoms. The second kappa shape index (κ2) is 5.42. The van der Waals surface area contributed by atoms with Gasteiger partial charge in [0.25, 0.3) is 0 Å². The van der Waals surface area contributed by atoms with Gasteiger partial charge >= 0.3 is 7.12 Å². The molecule has 0 spiro atoms. The van der Waals surface area contributed by atoms with Crippen LogP contribution in [0, 0.1) is 0 Å². The molecule has 0 atom stereocenters. The fourth-order valence-electron chi connectivity index (χ4n) is 4.72. The minimum atomic E-state index is -0.427. The summed E-state index contributed by atoms with van der Waals surface area (Å²) in [5.74, 6) is 1.75. The van der Waals surface area contributed by atoms with Gasteiger partial charge in [0, 0.05) is 16.6 Å². The monoisotopic (exact) mass is 370 g/mol. The Balaban J connectivity index is 1.53. The molecule has 7 rings (SSSR count). The van der Waals surface area contributed by atoms with Crippen LogP contribution >= 0.6 is 0 Å². The molecule has 0 aliphatic carbocycles. The van der Waals surface area contributed by atoms with E-state index in [2.05, 4.69) is 91.0 Å². The van der Waals surface area contributed by atoms with Gasteiger partial charge in [0.05, 0.1) is 0 Å². The summed E-state index contributed by atoms with van der Waals surface area (Å²) >= 11 is 0. The lowest BCUT2D eigenvalue weighted by Gasteiger charge is -2.32. The van der Waals surface area contributed by atoms with Crippen LogP contribution in [0.1, 0.15) is 0 Å². The summed E-state index contributed by atoms with van der Waals surface area (Å²) in [7, 11) is -0.427. The molecule has 2 aliphatic heterocycles. The molecule has 134 valence electrons. The van der Waals surface area contributed by atoms with Gasteiger partial charge in [0.15, 0.2) is 0 Å². The predicted molar refractivity (Wildman–Crippen MR) is 119 cm³/mol. The molecule has 0 bridgehead atoms. The average Bonchev–Trinajstić information content (AvgIpc) is 2.77. The second-order valence-corrected chi connectivity index (χ2v) is 7.73. The molecule has 0 unspecified atom stereocenters. The molecule has 0 radical (unpaired) electrons. The Kier molecular flexibility index (Phi) is 2.85. The maximum absolute atomic E-state index is 6.39. The maximum atomic E-state index is 6.39. The minimum absolute atomic E-state index is 0.427. The van der Waals surface area contributed by atoms with Gasteiger partial charge in [-0.15, -0.1) is 0 Å². The van der Waals surface area contributed by atoms with Crippen molar-refractivity contribution in [1.29, 1.82) is 0 Å². The number of hydrogen-bond donors (Lipinski definition) is 0. The highest BCUT2D eigenvalue weighted by molar-refractivity contribution is 6.68. The minimum Gasteiger partial charge on any atom is -0.521 e. The number of fused-ring (bicyclic) bond motifs is 6. The molecule has 0 amide bonds. The van der Waals surface area contributed by atoms with Crippen LogP contribution in [0.5, 0.6) is 11.5 Å². The molecule has 2 aliphatic rings. The van der Waals surface area contributed by atoms with Crippen molar-refractivity contribution >= 4 is 34.1 Å². The maximum Gasteiger partial charge on any atom is 0.633 e. The molecule has 5 aromatic rings. The van der Waals surface area contributed by atoms with Crippen molar-refractivity contribution in [3.63, 3.8) is 0 Å². The summed E-state index contributed by atoms with van der Waals surface area (Å²) in [5, 5.41) is 4.78. The zero-order valence-electron chi connectivity index (χ0n) is 15.6. The van der Waals surface area contributed by atoms with Gasteiger partial charge in [0.1, 0.15) is 11.5 Å². The van der Waals surface area contributed by atoms with Crippen molar-refractivity contribution in [3.05, 3.63) is 91.0 Å². The van der Waals surface area contributed by atoms with Gasteiger partial charge in [-0.25, -0.2) is 0 Å². The van der Waals surface area contributed by atoms with Gasteiger partial charge in [-0.2, -0.15) is 0 Å². The first-order valence-electron chi connectivity index (χ1n) is 9.88. The lowest BCUT2D eigenvalue weighted by Crippen LogP contribution is -2.49. The number of rotatable bonds is 0. The van der Waals surface area contributed by atoms with E-state index >= 15 is 0 Å². The van der Waals surface area contributed by atoms with Crippen LogP contribution in [-0.4, -0.2) is 7.12 Å². The highest BCUT2D eigenvalue weighted by Crippen LogP contribution is 2.43. The van der Waals surface area contributed by atoms with E-state index in [1.54, 1.807) is 0 Å². The highest BCUT2D eigenvalue weighted by Gasteiger charge is 2.41. The molecule has 2 heterocycles. The predicted octanol–water partition coefficient (Wildman–Crippen LogP) is 5.81. The number of benzene rings is 5. The van der Waals surface area contributed by atoms with Crippen molar-refractivity contribution in [1.82, 2.24) is 0 Å². The van der Waals surface area contributed by atoms with Crippen molar-refractivity contribution in [2.24, 2.45) is 0 Å². The molecular formula is C26H15BO2. The Morgan fingerprint density at radius 3 is 1.38 bits per heavy atom. The lowest BCUT2D eigenvalue weighted by atomic mass is 9.66. The van der Waals surface area contributed by atoms with Gasteiger partial charge in [-0.05, 0) is 56.9 Å². The molecule has 3 heteroatoms. The first kappa shape index (κ1) is 15.2. The SMILES string of the molecule is c1cc2c3c(c1)-c1cc4ccccc4cc1OB3Oc1cc3ccccc3cc1-2. The summed E-state index contributed by atoms with van der Waals surface area (Å²) in [6.45, 7) is 0. The van der Waals surface area contributed by atoms with Crippen LogP contribution in [0.2, 0.25) is 0 Å². The molecule has 2 nitrogen and oxygen atoms in total. The standard InChI is InChI=1S/C26H15BO2/c1-3-8-18-14-24-22(12-16(18)6-1)20-10-5-11-21-23-13-17-7-2-4-9-19(17)15-25(23)29-27(28-24)26(20)21/h1-15H. The Bertz CT molecular complexity index is 1360. The van der Waals surface area contributed by atoms with Crippen molar-refractivity contribution in [2.45, 2.75) is 0 Å². The normalized spacial score (nSPS) is 13.3. The van der Waals surface area contributed by atoms with Crippen LogP contribution in [0.15, 0.2) is 91.0 Å². The summed E-state index contributed by atoms with van der Waals surface area (Å²) < 4.78 is 12.8. The Morgan fingerprint density at radius 1 is 0.448 bits per heavy atom. The fourth-order valence-corrected chi connectivity index (χ4v) is 4.72. The smallest absolute Gasteiger partial charge is 0.521 e. The summed E-state index contributed by atoms with van der Waals surface area (Å²) in [6, 6.07) is 32.0. The molecule has 0 N–H and O–H groups in total. The van der Waals surface area contributed by atoms with E-state index in [0.717, 1.165) is 28.1 Å². The molecule has 5 aromatic carbocycles. The molecule has 0 saturated heterocycles. The van der Waals surface area contributed by atoms with Crippen LogP contribution in [0.3, 0.4) is 0 Å². The third-order valence-corrected chi connectivity index (χ3v) is 6.09. The van der Waals surface area contributed by atoms with Crippen molar-refractivity contribution < 1.29 is 9.31 Å². The van der Waals surface area contributed by atoms with Gasteiger partial charge in [-0.1, -0.05) is 66.7 Å². The third-order valence-electron chi connectivity index (χ3n) is 6.09. The fraction of sp³-hybridized carbons (Fsp3) is 0. The van der Waals surface area contributed by atoms with Gasteiger partial charge in [-0.3, -0.25) is 0 Å². The van der Waals surface area contributed by atoms with E-state index < -0.39 is 7.12 Å². The average molecular weight is 370 g/mol. The molecular weight excluding hydrogens is 355 g/mol. The van der Waals surface area contributed by atoms with Gasteiger partial charge < -0.3 is 9.31 Å². The first-order valence-corrected chi connectivity index (χ1v) is 9.88. The van der Waals surface area contributed by atoms with Crippen molar-refractivity contribution in [2.75, 3.05) is 0 Å². The van der Waals surface area contributed by atoms with Gasteiger partial charge in [0.2, 0.25) is 0 Å². The summed E-state index contributed by atoms with van der Waals surface area (Å²) in [5.41, 5.74) is 5.77. The van der Waals surface area contributed by atoms with E-state index in [0.29, 0.717) is 0 Å². The Labute approximate surface area is 168 Å². The number of hydrogen-bond acceptors (Lipinski definition) is 2. The van der Waals surface area contributed by atoms with Crippen molar-refractivity contribution in [3.8, 4) is 33.8 Å². The molecule has 0 saturated carbocycles. The first-order chi connectivity index (χ1) is 14.3. The molecule has 0 aromatic heterocycles. The van der Waals surface area contributed by atoms with E-state index in [1.807, 2.05) is 0 Å². The zero-order valence-corrected chi connectivity index (χ0v) is 15.6. The summed E-state index contributed by atoms with van der Waals surface area (Å²) in [4.78, 5) is 0. The second-order valence-electron chi connectivity index (χ2n) is 7.73. The van der Waals surface area contributed by atoms with E-state index in [1.165, 1.54) is 32.7 Å². The third kappa shape index (κ3) is 2.07. The topological polar surface area (TPSA) is 18.5 Å². The van der Waals surface area contributed by atoms with Crippen LogP contribution in [0.25, 0.3) is 43.8 Å². The van der Waals surface area contributed by atoms with Crippen LogP contribution < -0.4 is 14.8 Å². The lowest BCUT2D eigenvalue weighted by molar-refractivity contribution is 0.436. The molecule has 0 fully saturated rings. The zero-order chi connectivity index (χ0) is 18.9. The van der Waals surface area contributed by atoms with E-state index in [-0.39, 0.29) is 0 Å². The van der Waals surface area contributed by atoms with Crippen LogP contribution in [0.4, 0.5) is 0 Å². The quantitative estimate of drug-likeness (QED) is 0.321. The van der Waals surface area contributed by atoms with Crippen LogP contribution in [-0.2, 0) is 0 Å². The Hall–Kier alpha value is -3.72. The van der Waals surface area contributed by atoms with E-state index in [9.17, 15) is 0 Å². The summed E-state index contributed by atoms with van der Waals surface area (Å²) in [6.07, 6.45) is 0. The van der Waals surface area contributed by atoms with E-state index in [4.69, 9.17) is 9.31 Å². The highest BCUT2D eigenvalue weighted by atomic mass is 16.6.